The highest BCUT2D eigenvalue weighted by Gasteiger charge is 2.17. The molecule has 0 bridgehead atoms. The van der Waals surface area contributed by atoms with Crippen LogP contribution in [0.25, 0.3) is 0 Å². The van der Waals surface area contributed by atoms with Crippen molar-refractivity contribution in [3.63, 3.8) is 0 Å². The second-order valence-corrected chi connectivity index (χ2v) is 4.37. The molecule has 2 atom stereocenters. The third kappa shape index (κ3) is 4.26. The second-order valence-electron chi connectivity index (χ2n) is 4.37. The molecule has 1 aromatic rings. The molecule has 0 aliphatic carbocycles. The van der Waals surface area contributed by atoms with Crippen LogP contribution >= 0.6 is 0 Å². The van der Waals surface area contributed by atoms with E-state index < -0.39 is 11.6 Å². The Morgan fingerprint density at radius 2 is 2.00 bits per heavy atom. The maximum Gasteiger partial charge on any atom is 0.167 e. The van der Waals surface area contributed by atoms with Crippen LogP contribution in [0, 0.1) is 11.6 Å². The fourth-order valence-electron chi connectivity index (χ4n) is 1.83. The number of benzene rings is 1. The molecule has 18 heavy (non-hydrogen) atoms. The monoisotopic (exact) mass is 257 g/mol. The van der Waals surface area contributed by atoms with Gasteiger partial charge in [-0.05, 0) is 38.4 Å². The van der Waals surface area contributed by atoms with E-state index in [1.165, 1.54) is 12.1 Å². The van der Waals surface area contributed by atoms with Gasteiger partial charge in [-0.3, -0.25) is 0 Å². The van der Waals surface area contributed by atoms with Crippen LogP contribution < -0.4 is 10.1 Å². The van der Waals surface area contributed by atoms with E-state index in [1.54, 1.807) is 0 Å². The summed E-state index contributed by atoms with van der Waals surface area (Å²) in [5.41, 5.74) is 0. The molecular formula is C14H21F2NO. The van der Waals surface area contributed by atoms with Crippen LogP contribution in [0.15, 0.2) is 18.2 Å². The lowest BCUT2D eigenvalue weighted by Gasteiger charge is -2.25. The van der Waals surface area contributed by atoms with Crippen LogP contribution in [-0.4, -0.2) is 18.7 Å². The molecule has 0 saturated heterocycles. The van der Waals surface area contributed by atoms with Crippen molar-refractivity contribution in [2.45, 2.75) is 45.8 Å². The molecule has 1 rings (SSSR count). The molecule has 0 radical (unpaired) electrons. The van der Waals surface area contributed by atoms with Crippen molar-refractivity contribution >= 4 is 0 Å². The van der Waals surface area contributed by atoms with E-state index in [9.17, 15) is 8.78 Å². The van der Waals surface area contributed by atoms with E-state index in [4.69, 9.17) is 4.74 Å². The Hall–Kier alpha value is -1.16. The van der Waals surface area contributed by atoms with E-state index in [2.05, 4.69) is 12.2 Å². The first-order valence-electron chi connectivity index (χ1n) is 6.43. The van der Waals surface area contributed by atoms with Gasteiger partial charge in [-0.1, -0.05) is 13.8 Å². The number of nitrogens with one attached hydrogen (secondary N) is 1. The van der Waals surface area contributed by atoms with Gasteiger partial charge in [0, 0.05) is 12.1 Å². The molecular weight excluding hydrogens is 236 g/mol. The van der Waals surface area contributed by atoms with E-state index in [1.807, 2.05) is 13.8 Å². The lowest BCUT2D eigenvalue weighted by atomic mass is 10.1. The quantitative estimate of drug-likeness (QED) is 0.807. The van der Waals surface area contributed by atoms with Crippen molar-refractivity contribution in [1.29, 1.82) is 0 Å². The molecule has 0 aliphatic heterocycles. The van der Waals surface area contributed by atoms with E-state index in [0.717, 1.165) is 25.5 Å². The number of rotatable bonds is 7. The van der Waals surface area contributed by atoms with Gasteiger partial charge in [-0.2, -0.15) is 0 Å². The van der Waals surface area contributed by atoms with Crippen molar-refractivity contribution in [3.05, 3.63) is 29.8 Å². The summed E-state index contributed by atoms with van der Waals surface area (Å²) in [5.74, 6) is -1.16. The van der Waals surface area contributed by atoms with Gasteiger partial charge in [0.25, 0.3) is 0 Å². The largest absolute Gasteiger partial charge is 0.486 e. The number of hydrogen-bond acceptors (Lipinski definition) is 2. The lowest BCUT2D eigenvalue weighted by molar-refractivity contribution is 0.160. The van der Waals surface area contributed by atoms with Gasteiger partial charge in [0.05, 0.1) is 0 Å². The average Bonchev–Trinajstić information content (AvgIpc) is 2.34. The van der Waals surface area contributed by atoms with Gasteiger partial charge in [0.15, 0.2) is 11.6 Å². The maximum absolute atomic E-state index is 13.4. The number of hydrogen-bond donors (Lipinski definition) is 1. The predicted molar refractivity (Wildman–Crippen MR) is 68.8 cm³/mol. The highest BCUT2D eigenvalue weighted by molar-refractivity contribution is 5.25. The molecule has 2 unspecified atom stereocenters. The predicted octanol–water partition coefficient (Wildman–Crippen LogP) is 3.51. The van der Waals surface area contributed by atoms with Gasteiger partial charge < -0.3 is 10.1 Å². The Bertz CT molecular complexity index is 371. The van der Waals surface area contributed by atoms with Crippen molar-refractivity contribution in [2.75, 3.05) is 6.54 Å². The molecule has 0 aromatic heterocycles. The van der Waals surface area contributed by atoms with Crippen LogP contribution in [0.3, 0.4) is 0 Å². The third-order valence-corrected chi connectivity index (χ3v) is 2.87. The molecule has 2 nitrogen and oxygen atoms in total. The highest BCUT2D eigenvalue weighted by atomic mass is 19.1. The van der Waals surface area contributed by atoms with Gasteiger partial charge in [-0.15, -0.1) is 0 Å². The summed E-state index contributed by atoms with van der Waals surface area (Å²) in [4.78, 5) is 0. The molecule has 0 aliphatic rings. The summed E-state index contributed by atoms with van der Waals surface area (Å²) in [6.45, 7) is 6.93. The minimum Gasteiger partial charge on any atom is -0.486 e. The molecule has 0 saturated carbocycles. The summed E-state index contributed by atoms with van der Waals surface area (Å²) < 4.78 is 31.8. The smallest absolute Gasteiger partial charge is 0.167 e. The molecule has 4 heteroatoms. The summed E-state index contributed by atoms with van der Waals surface area (Å²) in [6, 6.07) is 3.52. The van der Waals surface area contributed by atoms with Crippen LogP contribution in [0.2, 0.25) is 0 Å². The summed E-state index contributed by atoms with van der Waals surface area (Å²) in [7, 11) is 0. The Labute approximate surface area is 107 Å². The van der Waals surface area contributed by atoms with Crippen LogP contribution in [0.5, 0.6) is 5.75 Å². The van der Waals surface area contributed by atoms with Gasteiger partial charge in [0.2, 0.25) is 0 Å². The topological polar surface area (TPSA) is 21.3 Å². The fraction of sp³-hybridized carbons (Fsp3) is 0.571. The van der Waals surface area contributed by atoms with Crippen molar-refractivity contribution in [3.8, 4) is 5.75 Å². The van der Waals surface area contributed by atoms with Crippen molar-refractivity contribution < 1.29 is 13.5 Å². The molecule has 0 fully saturated rings. The Morgan fingerprint density at radius 1 is 1.28 bits per heavy atom. The maximum atomic E-state index is 13.4. The van der Waals surface area contributed by atoms with Crippen LogP contribution in [0.1, 0.15) is 33.6 Å². The summed E-state index contributed by atoms with van der Waals surface area (Å²) in [5, 5.41) is 3.35. The molecule has 102 valence electrons. The van der Waals surface area contributed by atoms with Crippen molar-refractivity contribution in [2.24, 2.45) is 0 Å². The molecule has 0 heterocycles. The Balaban J connectivity index is 2.64. The second kappa shape index (κ2) is 7.31. The SMILES string of the molecule is CCCNC(CC)C(C)Oc1ccc(F)cc1F. The standard InChI is InChI=1S/C14H21F2NO/c1-4-8-17-13(5-2)10(3)18-14-7-6-11(15)9-12(14)16/h6-7,9-10,13,17H,4-5,8H2,1-3H3. The first kappa shape index (κ1) is 14.9. The van der Waals surface area contributed by atoms with E-state index in [-0.39, 0.29) is 17.9 Å². The molecule has 0 amide bonds. The van der Waals surface area contributed by atoms with Gasteiger partial charge in [-0.25, -0.2) is 8.78 Å². The Kier molecular flexibility index (Phi) is 6.05. The zero-order chi connectivity index (χ0) is 13.5. The normalized spacial score (nSPS) is 14.3. The highest BCUT2D eigenvalue weighted by Crippen LogP contribution is 2.20. The third-order valence-electron chi connectivity index (χ3n) is 2.87. The van der Waals surface area contributed by atoms with E-state index in [0.29, 0.717) is 0 Å². The van der Waals surface area contributed by atoms with Gasteiger partial charge in [0.1, 0.15) is 11.9 Å². The first-order chi connectivity index (χ1) is 8.58. The first-order valence-corrected chi connectivity index (χ1v) is 6.43. The fourth-order valence-corrected chi connectivity index (χ4v) is 1.83. The minimum absolute atomic E-state index is 0.0978. The Morgan fingerprint density at radius 3 is 2.56 bits per heavy atom. The average molecular weight is 257 g/mol. The lowest BCUT2D eigenvalue weighted by Crippen LogP contribution is -2.41. The minimum atomic E-state index is -0.660. The van der Waals surface area contributed by atoms with Crippen molar-refractivity contribution in [1.82, 2.24) is 5.32 Å². The zero-order valence-corrected chi connectivity index (χ0v) is 11.2. The number of ether oxygens (including phenoxy) is 1. The van der Waals surface area contributed by atoms with Crippen LogP contribution in [0.4, 0.5) is 8.78 Å². The summed E-state index contributed by atoms with van der Waals surface area (Å²) in [6.07, 6.45) is 1.76. The molecule has 1 N–H and O–H groups in total. The van der Waals surface area contributed by atoms with Gasteiger partial charge >= 0.3 is 0 Å². The van der Waals surface area contributed by atoms with Crippen LogP contribution in [-0.2, 0) is 0 Å². The molecule has 1 aromatic carbocycles. The summed E-state index contributed by atoms with van der Waals surface area (Å²) >= 11 is 0. The van der Waals surface area contributed by atoms with E-state index >= 15 is 0 Å². The number of halogens is 2. The zero-order valence-electron chi connectivity index (χ0n) is 11.2. The molecule has 0 spiro atoms.